The minimum atomic E-state index is -0.713. The largest absolute Gasteiger partial charge is 0.394 e. The predicted molar refractivity (Wildman–Crippen MR) is 72.8 cm³/mol. The molecule has 0 fully saturated rings. The van der Waals surface area contributed by atoms with Crippen molar-refractivity contribution in [3.63, 3.8) is 0 Å². The third-order valence-corrected chi connectivity index (χ3v) is 2.97. The van der Waals surface area contributed by atoms with E-state index >= 15 is 0 Å². The van der Waals surface area contributed by atoms with Crippen molar-refractivity contribution in [2.24, 2.45) is 0 Å². The number of rotatable bonds is 4. The monoisotopic (exact) mass is 295 g/mol. The van der Waals surface area contributed by atoms with Crippen LogP contribution in [-0.2, 0) is 0 Å². The quantitative estimate of drug-likeness (QED) is 0.871. The van der Waals surface area contributed by atoms with Crippen LogP contribution in [-0.4, -0.2) is 43.4 Å². The SMILES string of the molecule is CC(C)(CO)NC(=O)c1ccc(-n2cnnn2)cc1Cl. The summed E-state index contributed by atoms with van der Waals surface area (Å²) in [5.41, 5.74) is 0.262. The highest BCUT2D eigenvalue weighted by Gasteiger charge is 2.21. The van der Waals surface area contributed by atoms with Crippen LogP contribution < -0.4 is 5.32 Å². The van der Waals surface area contributed by atoms with E-state index in [-0.39, 0.29) is 17.5 Å². The second kappa shape index (κ2) is 5.56. The Balaban J connectivity index is 2.24. The third kappa shape index (κ3) is 3.12. The first-order valence-corrected chi connectivity index (χ1v) is 6.27. The van der Waals surface area contributed by atoms with E-state index in [1.54, 1.807) is 32.0 Å². The number of nitrogens with zero attached hydrogens (tertiary/aromatic N) is 4. The molecule has 20 heavy (non-hydrogen) atoms. The number of aliphatic hydroxyl groups excluding tert-OH is 1. The maximum Gasteiger partial charge on any atom is 0.253 e. The van der Waals surface area contributed by atoms with Gasteiger partial charge in [-0.15, -0.1) is 5.10 Å². The number of amides is 1. The molecule has 0 spiro atoms. The number of benzene rings is 1. The van der Waals surface area contributed by atoms with E-state index in [9.17, 15) is 4.79 Å². The summed E-state index contributed by atoms with van der Waals surface area (Å²) in [4.78, 5) is 12.1. The summed E-state index contributed by atoms with van der Waals surface area (Å²) in [7, 11) is 0. The van der Waals surface area contributed by atoms with Crippen LogP contribution in [0.3, 0.4) is 0 Å². The lowest BCUT2D eigenvalue weighted by molar-refractivity contribution is 0.0869. The standard InChI is InChI=1S/C12H14ClN5O2/c1-12(2,6-19)15-11(20)9-4-3-8(5-10(9)13)18-7-14-16-17-18/h3-5,7,19H,6H2,1-2H3,(H,15,20). The van der Waals surface area contributed by atoms with Crippen molar-refractivity contribution in [1.29, 1.82) is 0 Å². The van der Waals surface area contributed by atoms with Gasteiger partial charge in [-0.1, -0.05) is 11.6 Å². The molecule has 1 aromatic carbocycles. The fourth-order valence-electron chi connectivity index (χ4n) is 1.52. The highest BCUT2D eigenvalue weighted by molar-refractivity contribution is 6.34. The number of halogens is 1. The molecular formula is C12H14ClN5O2. The van der Waals surface area contributed by atoms with E-state index in [2.05, 4.69) is 20.8 Å². The molecule has 0 saturated heterocycles. The van der Waals surface area contributed by atoms with E-state index in [1.807, 2.05) is 0 Å². The minimum Gasteiger partial charge on any atom is -0.394 e. The molecule has 0 unspecified atom stereocenters. The van der Waals surface area contributed by atoms with Gasteiger partial charge in [0.1, 0.15) is 6.33 Å². The second-order valence-corrected chi connectivity index (χ2v) is 5.32. The molecule has 1 aromatic heterocycles. The molecule has 0 bridgehead atoms. The van der Waals surface area contributed by atoms with E-state index in [4.69, 9.17) is 16.7 Å². The topological polar surface area (TPSA) is 92.9 Å². The smallest absolute Gasteiger partial charge is 0.253 e. The molecule has 1 amide bonds. The number of tetrazole rings is 1. The van der Waals surface area contributed by atoms with Crippen LogP contribution in [0.25, 0.3) is 5.69 Å². The van der Waals surface area contributed by atoms with E-state index < -0.39 is 5.54 Å². The highest BCUT2D eigenvalue weighted by atomic mass is 35.5. The second-order valence-electron chi connectivity index (χ2n) is 4.91. The van der Waals surface area contributed by atoms with Gasteiger partial charge in [-0.2, -0.15) is 0 Å². The number of hydrogen-bond donors (Lipinski definition) is 2. The molecule has 106 valence electrons. The highest BCUT2D eigenvalue weighted by Crippen LogP contribution is 2.20. The fraction of sp³-hybridized carbons (Fsp3) is 0.333. The molecule has 1 heterocycles. The number of carbonyl (C=O) groups is 1. The first kappa shape index (κ1) is 14.4. The fourth-order valence-corrected chi connectivity index (χ4v) is 1.79. The Morgan fingerprint density at radius 3 is 2.80 bits per heavy atom. The summed E-state index contributed by atoms with van der Waals surface area (Å²) in [6.45, 7) is 3.27. The molecule has 0 atom stereocenters. The van der Waals surface area contributed by atoms with Crippen molar-refractivity contribution in [2.45, 2.75) is 19.4 Å². The van der Waals surface area contributed by atoms with E-state index in [0.29, 0.717) is 11.3 Å². The van der Waals surface area contributed by atoms with Gasteiger partial charge in [0.05, 0.1) is 28.4 Å². The van der Waals surface area contributed by atoms with Gasteiger partial charge in [-0.05, 0) is 42.5 Å². The van der Waals surface area contributed by atoms with Gasteiger partial charge in [0, 0.05) is 0 Å². The number of aromatic nitrogens is 4. The van der Waals surface area contributed by atoms with Gasteiger partial charge in [0.25, 0.3) is 5.91 Å². The Bertz CT molecular complexity index is 612. The van der Waals surface area contributed by atoms with Crippen LogP contribution >= 0.6 is 11.6 Å². The van der Waals surface area contributed by atoms with Crippen molar-refractivity contribution < 1.29 is 9.90 Å². The number of nitrogens with one attached hydrogen (secondary N) is 1. The lowest BCUT2D eigenvalue weighted by atomic mass is 10.1. The van der Waals surface area contributed by atoms with Gasteiger partial charge in [0.15, 0.2) is 0 Å². The lowest BCUT2D eigenvalue weighted by Gasteiger charge is -2.23. The summed E-state index contributed by atoms with van der Waals surface area (Å²) in [6.07, 6.45) is 1.43. The van der Waals surface area contributed by atoms with E-state index in [1.165, 1.54) is 11.0 Å². The molecule has 8 heteroatoms. The molecular weight excluding hydrogens is 282 g/mol. The molecule has 0 radical (unpaired) electrons. The maximum atomic E-state index is 12.1. The van der Waals surface area contributed by atoms with Crippen LogP contribution in [0.2, 0.25) is 5.02 Å². The Labute approximate surface area is 120 Å². The summed E-state index contributed by atoms with van der Waals surface area (Å²) in [5, 5.41) is 22.9. The molecule has 2 rings (SSSR count). The molecule has 0 aliphatic rings. The maximum absolute atomic E-state index is 12.1. The van der Waals surface area contributed by atoms with Crippen molar-refractivity contribution in [3.8, 4) is 5.69 Å². The van der Waals surface area contributed by atoms with Gasteiger partial charge in [0.2, 0.25) is 0 Å². The zero-order chi connectivity index (χ0) is 14.8. The summed E-state index contributed by atoms with van der Waals surface area (Å²) in [5.74, 6) is -0.350. The first-order valence-electron chi connectivity index (χ1n) is 5.89. The number of carbonyl (C=O) groups excluding carboxylic acids is 1. The van der Waals surface area contributed by atoms with Crippen molar-refractivity contribution in [2.75, 3.05) is 6.61 Å². The van der Waals surface area contributed by atoms with E-state index in [0.717, 1.165) is 0 Å². The van der Waals surface area contributed by atoms with Gasteiger partial charge < -0.3 is 10.4 Å². The van der Waals surface area contributed by atoms with Crippen LogP contribution in [0.5, 0.6) is 0 Å². The number of hydrogen-bond acceptors (Lipinski definition) is 5. The number of aliphatic hydroxyl groups is 1. The summed E-state index contributed by atoms with van der Waals surface area (Å²) in [6, 6.07) is 4.87. The predicted octanol–water partition coefficient (Wildman–Crippen LogP) is 0.816. The Kier molecular flexibility index (Phi) is 4.01. The Hall–Kier alpha value is -1.99. The Morgan fingerprint density at radius 1 is 1.50 bits per heavy atom. The average molecular weight is 296 g/mol. The zero-order valence-corrected chi connectivity index (χ0v) is 11.8. The molecule has 0 saturated carbocycles. The van der Waals surface area contributed by atoms with Crippen LogP contribution in [0.4, 0.5) is 0 Å². The minimum absolute atomic E-state index is 0.168. The van der Waals surface area contributed by atoms with Crippen molar-refractivity contribution in [1.82, 2.24) is 25.5 Å². The normalized spacial score (nSPS) is 11.4. The van der Waals surface area contributed by atoms with Gasteiger partial charge in [-0.25, -0.2) is 4.68 Å². The van der Waals surface area contributed by atoms with Crippen molar-refractivity contribution in [3.05, 3.63) is 35.1 Å². The molecule has 7 nitrogen and oxygen atoms in total. The third-order valence-electron chi connectivity index (χ3n) is 2.66. The molecule has 0 aliphatic heterocycles. The van der Waals surface area contributed by atoms with Crippen LogP contribution in [0.15, 0.2) is 24.5 Å². The van der Waals surface area contributed by atoms with Gasteiger partial charge >= 0.3 is 0 Å². The lowest BCUT2D eigenvalue weighted by Crippen LogP contribution is -2.46. The molecule has 0 aliphatic carbocycles. The zero-order valence-electron chi connectivity index (χ0n) is 11.0. The average Bonchev–Trinajstić information content (AvgIpc) is 2.91. The van der Waals surface area contributed by atoms with Gasteiger partial charge in [-0.3, -0.25) is 4.79 Å². The summed E-state index contributed by atoms with van der Waals surface area (Å²) < 4.78 is 1.44. The molecule has 2 aromatic rings. The molecule has 2 N–H and O–H groups in total. The first-order chi connectivity index (χ1) is 9.43. The summed E-state index contributed by atoms with van der Waals surface area (Å²) >= 11 is 6.11. The van der Waals surface area contributed by atoms with Crippen molar-refractivity contribution >= 4 is 17.5 Å². The van der Waals surface area contributed by atoms with Crippen LogP contribution in [0.1, 0.15) is 24.2 Å². The Morgan fingerprint density at radius 2 is 2.25 bits per heavy atom. The van der Waals surface area contributed by atoms with Crippen LogP contribution in [0, 0.1) is 0 Å².